The first kappa shape index (κ1) is 16.1. The number of carbonyl (C=O) groups excluding carboxylic acids is 3. The van der Waals surface area contributed by atoms with Crippen LogP contribution in [0.5, 0.6) is 5.75 Å². The molecule has 132 valence electrons. The maximum Gasteiger partial charge on any atom is 0.244 e. The van der Waals surface area contributed by atoms with Crippen LogP contribution in [0.2, 0.25) is 0 Å². The number of hydrogen-bond donors (Lipinski definition) is 1. The molecule has 1 heterocycles. The molecule has 0 radical (unpaired) electrons. The first-order valence-electron chi connectivity index (χ1n) is 8.96. The van der Waals surface area contributed by atoms with Gasteiger partial charge in [0.1, 0.15) is 12.3 Å². The lowest BCUT2D eigenvalue weighted by atomic mass is 9.81. The van der Waals surface area contributed by atoms with E-state index in [0.29, 0.717) is 24.1 Å². The Hall–Kier alpha value is -2.37. The summed E-state index contributed by atoms with van der Waals surface area (Å²) in [7, 11) is 0. The second-order valence-corrected chi connectivity index (χ2v) is 7.15. The number of fused-ring (bicyclic) bond motifs is 5. The average Bonchev–Trinajstić information content (AvgIpc) is 3.27. The fourth-order valence-electron chi connectivity index (χ4n) is 4.77. The number of anilines is 1. The van der Waals surface area contributed by atoms with Gasteiger partial charge in [-0.15, -0.1) is 0 Å². The molecule has 0 unspecified atom stereocenters. The Bertz CT molecular complexity index is 687. The zero-order valence-electron chi connectivity index (χ0n) is 14.2. The fraction of sp³-hybridized carbons (Fsp3) is 0.526. The van der Waals surface area contributed by atoms with E-state index >= 15 is 0 Å². The van der Waals surface area contributed by atoms with Crippen LogP contribution in [-0.2, 0) is 14.4 Å². The highest BCUT2D eigenvalue weighted by molar-refractivity contribution is 6.09. The van der Waals surface area contributed by atoms with Gasteiger partial charge < -0.3 is 10.1 Å². The van der Waals surface area contributed by atoms with Gasteiger partial charge in [-0.1, -0.05) is 0 Å². The molecule has 1 aliphatic heterocycles. The fourth-order valence-corrected chi connectivity index (χ4v) is 4.77. The van der Waals surface area contributed by atoms with Crippen LogP contribution in [0.4, 0.5) is 5.69 Å². The van der Waals surface area contributed by atoms with E-state index < -0.39 is 0 Å². The van der Waals surface area contributed by atoms with Crippen molar-refractivity contribution in [2.45, 2.75) is 26.2 Å². The number of benzene rings is 1. The monoisotopic (exact) mass is 342 g/mol. The summed E-state index contributed by atoms with van der Waals surface area (Å²) in [5.74, 6) is 0.408. The first-order chi connectivity index (χ1) is 12.1. The quantitative estimate of drug-likeness (QED) is 0.831. The standard InChI is InChI=1S/C19H22N2O4/c1-2-25-14-7-5-13(6-8-14)20-15(22)10-21-18(23)16-11-3-4-12(9-11)17(16)19(21)24/h5-8,11-12,16-17H,2-4,9-10H2,1H3,(H,20,22)/t11-,12-,16-,17+/m0/s1. The maximum atomic E-state index is 12.6. The predicted octanol–water partition coefficient (Wildman–Crippen LogP) is 2.05. The molecule has 1 saturated heterocycles. The van der Waals surface area contributed by atoms with Crippen LogP contribution in [0.15, 0.2) is 24.3 Å². The molecule has 3 fully saturated rings. The van der Waals surface area contributed by atoms with E-state index in [9.17, 15) is 14.4 Å². The number of nitrogens with zero attached hydrogens (tertiary/aromatic N) is 1. The molecule has 1 N–H and O–H groups in total. The number of carbonyl (C=O) groups is 3. The Kier molecular flexibility index (Phi) is 3.98. The molecular formula is C19H22N2O4. The third-order valence-corrected chi connectivity index (χ3v) is 5.77. The Morgan fingerprint density at radius 2 is 1.72 bits per heavy atom. The minimum atomic E-state index is -0.349. The Labute approximate surface area is 146 Å². The molecule has 4 atom stereocenters. The van der Waals surface area contributed by atoms with E-state index in [-0.39, 0.29) is 36.1 Å². The van der Waals surface area contributed by atoms with Gasteiger partial charge in [-0.2, -0.15) is 0 Å². The van der Waals surface area contributed by atoms with Gasteiger partial charge in [-0.25, -0.2) is 0 Å². The molecule has 0 aromatic heterocycles. The SMILES string of the molecule is CCOc1ccc(NC(=O)CN2C(=O)[C@@H]3[C@H]4CC[C@@H](C4)[C@@H]3C2=O)cc1. The van der Waals surface area contributed by atoms with Crippen molar-refractivity contribution in [3.05, 3.63) is 24.3 Å². The zero-order chi connectivity index (χ0) is 17.6. The van der Waals surface area contributed by atoms with Crippen LogP contribution in [-0.4, -0.2) is 35.8 Å². The number of likely N-dealkylation sites (tertiary alicyclic amines) is 1. The second kappa shape index (κ2) is 6.17. The van der Waals surface area contributed by atoms with Crippen molar-refractivity contribution in [2.24, 2.45) is 23.7 Å². The molecule has 4 rings (SSSR count). The van der Waals surface area contributed by atoms with Crippen molar-refractivity contribution in [3.63, 3.8) is 0 Å². The van der Waals surface area contributed by atoms with Gasteiger partial charge in [0.25, 0.3) is 0 Å². The molecule has 3 aliphatic rings. The molecule has 6 heteroatoms. The third kappa shape index (κ3) is 2.69. The van der Waals surface area contributed by atoms with E-state index in [0.717, 1.165) is 25.0 Å². The summed E-state index contributed by atoms with van der Waals surface area (Å²) < 4.78 is 5.36. The van der Waals surface area contributed by atoms with Crippen molar-refractivity contribution < 1.29 is 19.1 Å². The number of nitrogens with one attached hydrogen (secondary N) is 1. The highest BCUT2D eigenvalue weighted by atomic mass is 16.5. The summed E-state index contributed by atoms with van der Waals surface area (Å²) in [4.78, 5) is 38.7. The van der Waals surface area contributed by atoms with Gasteiger partial charge in [0, 0.05) is 5.69 Å². The smallest absolute Gasteiger partial charge is 0.244 e. The highest BCUT2D eigenvalue weighted by Gasteiger charge is 2.60. The second-order valence-electron chi connectivity index (χ2n) is 7.15. The average molecular weight is 342 g/mol. The molecule has 2 aliphatic carbocycles. The maximum absolute atomic E-state index is 12.6. The van der Waals surface area contributed by atoms with Gasteiger partial charge >= 0.3 is 0 Å². The van der Waals surface area contributed by atoms with Crippen LogP contribution in [0.3, 0.4) is 0 Å². The summed E-state index contributed by atoms with van der Waals surface area (Å²) in [5, 5.41) is 2.74. The molecule has 2 saturated carbocycles. The summed E-state index contributed by atoms with van der Waals surface area (Å²) in [6, 6.07) is 7.03. The molecule has 25 heavy (non-hydrogen) atoms. The number of hydrogen-bond acceptors (Lipinski definition) is 4. The lowest BCUT2D eigenvalue weighted by molar-refractivity contribution is -0.143. The lowest BCUT2D eigenvalue weighted by Gasteiger charge is -2.19. The topological polar surface area (TPSA) is 75.7 Å². The van der Waals surface area contributed by atoms with Crippen molar-refractivity contribution in [1.29, 1.82) is 0 Å². The van der Waals surface area contributed by atoms with Gasteiger partial charge in [-0.3, -0.25) is 19.3 Å². The predicted molar refractivity (Wildman–Crippen MR) is 90.8 cm³/mol. The van der Waals surface area contributed by atoms with Crippen molar-refractivity contribution in [1.82, 2.24) is 4.90 Å². The van der Waals surface area contributed by atoms with Gasteiger partial charge in [0.2, 0.25) is 17.7 Å². The molecule has 1 aromatic carbocycles. The van der Waals surface area contributed by atoms with E-state index in [2.05, 4.69) is 5.32 Å². The Morgan fingerprint density at radius 1 is 1.12 bits per heavy atom. The molecule has 3 amide bonds. The number of imide groups is 1. The van der Waals surface area contributed by atoms with Crippen LogP contribution in [0, 0.1) is 23.7 Å². The van der Waals surface area contributed by atoms with Crippen molar-refractivity contribution >= 4 is 23.4 Å². The minimum absolute atomic E-state index is 0.149. The van der Waals surface area contributed by atoms with Gasteiger partial charge in [0.15, 0.2) is 0 Å². The van der Waals surface area contributed by atoms with E-state index in [1.165, 1.54) is 4.90 Å². The number of rotatable bonds is 5. The minimum Gasteiger partial charge on any atom is -0.494 e. The largest absolute Gasteiger partial charge is 0.494 e. The normalized spacial score (nSPS) is 29.9. The van der Waals surface area contributed by atoms with E-state index in [1.54, 1.807) is 24.3 Å². The van der Waals surface area contributed by atoms with Crippen LogP contribution >= 0.6 is 0 Å². The molecular weight excluding hydrogens is 320 g/mol. The Morgan fingerprint density at radius 3 is 2.28 bits per heavy atom. The molecule has 1 aromatic rings. The van der Waals surface area contributed by atoms with Crippen LogP contribution < -0.4 is 10.1 Å². The summed E-state index contributed by atoms with van der Waals surface area (Å²) in [6.07, 6.45) is 3.08. The third-order valence-electron chi connectivity index (χ3n) is 5.77. The van der Waals surface area contributed by atoms with Gasteiger partial charge in [-0.05, 0) is 62.3 Å². The summed E-state index contributed by atoms with van der Waals surface area (Å²) in [6.45, 7) is 2.29. The molecule has 0 spiro atoms. The zero-order valence-corrected chi connectivity index (χ0v) is 14.2. The summed E-state index contributed by atoms with van der Waals surface area (Å²) in [5.41, 5.74) is 0.618. The van der Waals surface area contributed by atoms with Crippen molar-refractivity contribution in [2.75, 3.05) is 18.5 Å². The molecule has 6 nitrogen and oxygen atoms in total. The van der Waals surface area contributed by atoms with E-state index in [4.69, 9.17) is 4.74 Å². The first-order valence-corrected chi connectivity index (χ1v) is 8.96. The number of amides is 3. The van der Waals surface area contributed by atoms with Gasteiger partial charge in [0.05, 0.1) is 18.4 Å². The van der Waals surface area contributed by atoms with Crippen molar-refractivity contribution in [3.8, 4) is 5.75 Å². The van der Waals surface area contributed by atoms with E-state index in [1.807, 2.05) is 6.92 Å². The van der Waals surface area contributed by atoms with Crippen LogP contribution in [0.25, 0.3) is 0 Å². The summed E-state index contributed by atoms with van der Waals surface area (Å²) >= 11 is 0. The van der Waals surface area contributed by atoms with Crippen LogP contribution in [0.1, 0.15) is 26.2 Å². The lowest BCUT2D eigenvalue weighted by Crippen LogP contribution is -2.39. The Balaban J connectivity index is 1.39. The molecule has 2 bridgehead atoms. The highest BCUT2D eigenvalue weighted by Crippen LogP contribution is 2.56. The number of ether oxygens (including phenoxy) is 1.